The number of carbonyl (C=O) groups is 2. The molecule has 23 heavy (non-hydrogen) atoms. The molecule has 0 fully saturated rings. The molecule has 0 saturated carbocycles. The summed E-state index contributed by atoms with van der Waals surface area (Å²) in [4.78, 5) is 36.2. The summed E-state index contributed by atoms with van der Waals surface area (Å²) in [6.07, 6.45) is -0.764. The van der Waals surface area contributed by atoms with E-state index in [-0.39, 0.29) is 11.3 Å². The van der Waals surface area contributed by atoms with Crippen LogP contribution >= 0.6 is 0 Å². The molecule has 0 spiro atoms. The molecule has 0 aromatic heterocycles. The number of amides is 2. The van der Waals surface area contributed by atoms with Crippen molar-refractivity contribution in [1.82, 2.24) is 4.90 Å². The summed E-state index contributed by atoms with van der Waals surface area (Å²) in [5, 5.41) is 10.9. The van der Waals surface area contributed by atoms with Gasteiger partial charge in [-0.2, -0.15) is 0 Å². The third-order valence-electron chi connectivity index (χ3n) is 3.49. The normalized spacial score (nSPS) is 17.7. The Kier molecular flexibility index (Phi) is 3.98. The summed E-state index contributed by atoms with van der Waals surface area (Å²) < 4.78 is 5.26. The Balaban J connectivity index is 2.46. The van der Waals surface area contributed by atoms with Crippen LogP contribution < -0.4 is 0 Å². The molecule has 0 aliphatic carbocycles. The van der Waals surface area contributed by atoms with Crippen molar-refractivity contribution in [1.29, 1.82) is 0 Å². The van der Waals surface area contributed by atoms with Crippen LogP contribution in [-0.4, -0.2) is 33.5 Å². The first-order valence-electron chi connectivity index (χ1n) is 7.07. The van der Waals surface area contributed by atoms with Crippen LogP contribution in [0.5, 0.6) is 0 Å². The number of benzene rings is 1. The highest BCUT2D eigenvalue weighted by Crippen LogP contribution is 2.34. The second-order valence-corrected chi connectivity index (χ2v) is 6.34. The summed E-state index contributed by atoms with van der Waals surface area (Å²) in [5.74, 6) is -0.552. The zero-order chi connectivity index (χ0) is 17.5. The maximum atomic E-state index is 12.6. The minimum absolute atomic E-state index is 0.129. The first kappa shape index (κ1) is 16.7. The van der Waals surface area contributed by atoms with Gasteiger partial charge in [0.05, 0.1) is 11.0 Å². The Bertz CT molecular complexity index is 718. The van der Waals surface area contributed by atoms with Crippen LogP contribution in [0.2, 0.25) is 0 Å². The Morgan fingerprint density at radius 2 is 1.96 bits per heavy atom. The van der Waals surface area contributed by atoms with Crippen molar-refractivity contribution in [2.24, 2.45) is 0 Å². The van der Waals surface area contributed by atoms with E-state index < -0.39 is 28.6 Å². The average molecular weight is 318 g/mol. The summed E-state index contributed by atoms with van der Waals surface area (Å²) >= 11 is 0. The number of fused-ring (bicyclic) bond motifs is 1. The molecule has 0 saturated heterocycles. The predicted molar refractivity (Wildman–Crippen MR) is 84.0 cm³/mol. The fraction of sp³-hybridized carbons (Fsp3) is 0.375. The molecule has 2 rings (SSSR count). The zero-order valence-electron chi connectivity index (χ0n) is 13.5. The molecule has 2 amide bonds. The lowest BCUT2D eigenvalue weighted by molar-refractivity contribution is -0.384. The maximum Gasteiger partial charge on any atom is 0.417 e. The van der Waals surface area contributed by atoms with Crippen molar-refractivity contribution < 1.29 is 19.2 Å². The monoisotopic (exact) mass is 318 g/mol. The van der Waals surface area contributed by atoms with Gasteiger partial charge in [0.25, 0.3) is 11.6 Å². The van der Waals surface area contributed by atoms with E-state index in [1.54, 1.807) is 27.7 Å². The van der Waals surface area contributed by atoms with Gasteiger partial charge in [-0.25, -0.2) is 9.69 Å². The van der Waals surface area contributed by atoms with Crippen molar-refractivity contribution in [2.45, 2.75) is 39.3 Å². The fourth-order valence-electron chi connectivity index (χ4n) is 2.34. The molecule has 122 valence electrons. The van der Waals surface area contributed by atoms with E-state index in [1.807, 2.05) is 0 Å². The van der Waals surface area contributed by atoms with Crippen molar-refractivity contribution in [2.75, 3.05) is 0 Å². The topological polar surface area (TPSA) is 89.8 Å². The van der Waals surface area contributed by atoms with Gasteiger partial charge in [0.2, 0.25) is 0 Å². The smallest absolute Gasteiger partial charge is 0.417 e. The van der Waals surface area contributed by atoms with Gasteiger partial charge in [-0.15, -0.1) is 0 Å². The van der Waals surface area contributed by atoms with Gasteiger partial charge in [0.1, 0.15) is 5.60 Å². The van der Waals surface area contributed by atoms with Gasteiger partial charge in [0, 0.05) is 17.7 Å². The molecule has 7 nitrogen and oxygen atoms in total. The highest BCUT2D eigenvalue weighted by molar-refractivity contribution is 6.10. The van der Waals surface area contributed by atoms with Crippen LogP contribution in [-0.2, 0) is 4.74 Å². The van der Waals surface area contributed by atoms with Crippen LogP contribution in [0.4, 0.5) is 10.5 Å². The SMILES string of the molecule is C=C1c2cc([N+](=O)[O-])ccc2C(=O)N(C(=O)OC(C)(C)C)C1C. The number of ether oxygens (including phenoxy) is 1. The van der Waals surface area contributed by atoms with Crippen LogP contribution in [0.25, 0.3) is 5.57 Å². The summed E-state index contributed by atoms with van der Waals surface area (Å²) in [7, 11) is 0. The standard InChI is InChI=1S/C16H18N2O5/c1-9-10(2)17(15(20)23-16(3,4)5)14(19)12-7-6-11(18(21)22)8-13(9)12/h6-8,10H,1H2,2-5H3. The molecule has 1 aromatic rings. The van der Waals surface area contributed by atoms with Crippen molar-refractivity contribution >= 4 is 23.3 Å². The zero-order valence-corrected chi connectivity index (χ0v) is 13.5. The quantitative estimate of drug-likeness (QED) is 0.585. The first-order chi connectivity index (χ1) is 10.5. The van der Waals surface area contributed by atoms with Gasteiger partial charge in [-0.3, -0.25) is 14.9 Å². The molecule has 1 atom stereocenters. The highest BCUT2D eigenvalue weighted by atomic mass is 16.6. The number of hydrogen-bond acceptors (Lipinski definition) is 5. The molecule has 1 aromatic carbocycles. The molecule has 7 heteroatoms. The lowest BCUT2D eigenvalue weighted by atomic mass is 9.90. The van der Waals surface area contributed by atoms with Crippen LogP contribution in [0.15, 0.2) is 24.8 Å². The third kappa shape index (κ3) is 3.08. The van der Waals surface area contributed by atoms with E-state index in [9.17, 15) is 19.7 Å². The molecular weight excluding hydrogens is 300 g/mol. The maximum absolute atomic E-state index is 12.6. The number of hydrogen-bond donors (Lipinski definition) is 0. The van der Waals surface area contributed by atoms with E-state index in [0.29, 0.717) is 11.1 Å². The second kappa shape index (κ2) is 5.49. The van der Waals surface area contributed by atoms with E-state index in [2.05, 4.69) is 6.58 Å². The van der Waals surface area contributed by atoms with Crippen LogP contribution in [0.3, 0.4) is 0 Å². The van der Waals surface area contributed by atoms with Gasteiger partial charge in [0.15, 0.2) is 0 Å². The highest BCUT2D eigenvalue weighted by Gasteiger charge is 2.39. The number of nitrogens with zero attached hydrogens (tertiary/aromatic N) is 2. The minimum Gasteiger partial charge on any atom is -0.443 e. The largest absolute Gasteiger partial charge is 0.443 e. The molecular formula is C16H18N2O5. The van der Waals surface area contributed by atoms with Crippen molar-refractivity contribution in [3.8, 4) is 0 Å². The first-order valence-corrected chi connectivity index (χ1v) is 7.07. The van der Waals surface area contributed by atoms with Crippen molar-refractivity contribution in [3.05, 3.63) is 46.0 Å². The third-order valence-corrected chi connectivity index (χ3v) is 3.49. The molecule has 0 radical (unpaired) electrons. The lowest BCUT2D eigenvalue weighted by Crippen LogP contribution is -2.49. The number of non-ortho nitro benzene ring substituents is 1. The number of imide groups is 1. The van der Waals surface area contributed by atoms with E-state index >= 15 is 0 Å². The molecule has 0 bridgehead atoms. The van der Waals surface area contributed by atoms with Gasteiger partial charge < -0.3 is 4.74 Å². The van der Waals surface area contributed by atoms with Gasteiger partial charge >= 0.3 is 6.09 Å². The molecule has 1 unspecified atom stereocenters. The predicted octanol–water partition coefficient (Wildman–Crippen LogP) is 3.39. The average Bonchev–Trinajstić information content (AvgIpc) is 2.42. The van der Waals surface area contributed by atoms with E-state index in [1.165, 1.54) is 18.2 Å². The second-order valence-electron chi connectivity index (χ2n) is 6.34. The molecule has 0 N–H and O–H groups in total. The number of nitro groups is 1. The molecule has 1 aliphatic heterocycles. The van der Waals surface area contributed by atoms with Crippen LogP contribution in [0, 0.1) is 10.1 Å². The minimum atomic E-state index is -0.764. The Labute approximate surface area is 133 Å². The Hall–Kier alpha value is -2.70. The van der Waals surface area contributed by atoms with E-state index in [0.717, 1.165) is 4.90 Å². The summed E-state index contributed by atoms with van der Waals surface area (Å²) in [6.45, 7) is 10.6. The molecule has 1 heterocycles. The lowest BCUT2D eigenvalue weighted by Gasteiger charge is -2.35. The van der Waals surface area contributed by atoms with Gasteiger partial charge in [-0.1, -0.05) is 6.58 Å². The number of rotatable bonds is 1. The summed E-state index contributed by atoms with van der Waals surface area (Å²) in [6, 6.07) is 3.22. The number of nitro benzene ring substituents is 1. The van der Waals surface area contributed by atoms with E-state index in [4.69, 9.17) is 4.74 Å². The molecule has 1 aliphatic rings. The fourth-order valence-corrected chi connectivity index (χ4v) is 2.34. The van der Waals surface area contributed by atoms with Gasteiger partial charge in [-0.05, 0) is 44.9 Å². The summed E-state index contributed by atoms with van der Waals surface area (Å²) in [5.41, 5.74) is 0.166. The Morgan fingerprint density at radius 1 is 1.35 bits per heavy atom. The Morgan fingerprint density at radius 3 is 2.48 bits per heavy atom. The van der Waals surface area contributed by atoms with Crippen molar-refractivity contribution in [3.63, 3.8) is 0 Å². The number of carbonyl (C=O) groups excluding carboxylic acids is 2. The van der Waals surface area contributed by atoms with Crippen LogP contribution in [0.1, 0.15) is 43.6 Å².